The summed E-state index contributed by atoms with van der Waals surface area (Å²) < 4.78 is 31.5. The molecule has 1 atom stereocenters. The third kappa shape index (κ3) is 7.95. The smallest absolute Gasteiger partial charge is 0.283 e. The van der Waals surface area contributed by atoms with Crippen LogP contribution in [0.25, 0.3) is 9.53 Å². The number of anilines is 1. The van der Waals surface area contributed by atoms with Crippen molar-refractivity contribution >= 4 is 58.8 Å². The highest BCUT2D eigenvalue weighted by molar-refractivity contribution is 7.85. The number of nitrogens with zero attached hydrogens (tertiary/aromatic N) is 3. The largest absolute Gasteiger partial charge is 0.370 e. The molecule has 3 aromatic rings. The highest BCUT2D eigenvalue weighted by atomic mass is 32.2. The summed E-state index contributed by atoms with van der Waals surface area (Å²) in [5.74, 6) is 0.161. The van der Waals surface area contributed by atoms with Crippen molar-refractivity contribution in [2.75, 3.05) is 11.2 Å². The van der Waals surface area contributed by atoms with E-state index in [1.807, 2.05) is 0 Å². The van der Waals surface area contributed by atoms with E-state index in [9.17, 15) is 8.42 Å². The summed E-state index contributed by atoms with van der Waals surface area (Å²) in [5.41, 5.74) is 1.56. The van der Waals surface area contributed by atoms with Crippen LogP contribution >= 0.6 is 22.7 Å². The molecule has 0 aliphatic carbocycles. The molecule has 0 aliphatic heterocycles. The van der Waals surface area contributed by atoms with Crippen LogP contribution < -0.4 is 5.32 Å². The van der Waals surface area contributed by atoms with E-state index < -0.39 is 16.0 Å². The minimum atomic E-state index is -4.06. The van der Waals surface area contributed by atoms with Gasteiger partial charge < -0.3 is 5.32 Å². The highest BCUT2D eigenvalue weighted by Crippen LogP contribution is 2.36. The van der Waals surface area contributed by atoms with E-state index in [0.29, 0.717) is 27.8 Å². The van der Waals surface area contributed by atoms with Crippen molar-refractivity contribution in [3.8, 4) is 0 Å². The number of azo groups is 1. The van der Waals surface area contributed by atoms with E-state index in [4.69, 9.17) is 4.55 Å². The minimum Gasteiger partial charge on any atom is -0.370 e. The summed E-state index contributed by atoms with van der Waals surface area (Å²) in [6, 6.07) is 8.99. The maximum absolute atomic E-state index is 10.8. The van der Waals surface area contributed by atoms with Crippen LogP contribution in [0.5, 0.6) is 0 Å². The van der Waals surface area contributed by atoms with Gasteiger partial charge in [-0.1, -0.05) is 39.0 Å². The normalized spacial score (nSPS) is 13.8. The lowest BCUT2D eigenvalue weighted by Crippen LogP contribution is -2.12. The summed E-state index contributed by atoms with van der Waals surface area (Å²) in [6.07, 6.45) is 3.50. The SMILES string of the molecule is CC(CCc1cc2sc(/N=N/c3ccc(NCS(=O)(=O)O)cc3)nc2s1)CC(C)(C)C. The fraction of sp³-hybridized carbons (Fsp3) is 0.476. The maximum atomic E-state index is 10.8. The standard InChI is InChI=1S/C21H28N4O3S3/c1-14(12-21(2,3)4)5-10-17-11-18-19(29-17)23-20(30-18)25-24-16-8-6-15(7-9-16)22-13-31(26,27)28/h6-9,11,14,22H,5,10,12-13H2,1-4H3,(H,26,27,28)/b25-24+. The minimum absolute atomic E-state index is 0.369. The van der Waals surface area contributed by atoms with Gasteiger partial charge in [-0.15, -0.1) is 21.6 Å². The number of hydrogen-bond donors (Lipinski definition) is 2. The second kappa shape index (κ2) is 9.72. The van der Waals surface area contributed by atoms with Crippen LogP contribution in [0.4, 0.5) is 16.5 Å². The fourth-order valence-corrected chi connectivity index (χ4v) is 5.81. The van der Waals surface area contributed by atoms with Crippen molar-refractivity contribution in [2.24, 2.45) is 21.6 Å². The molecular weight excluding hydrogens is 452 g/mol. The van der Waals surface area contributed by atoms with Gasteiger partial charge in [-0.2, -0.15) is 8.42 Å². The Bertz CT molecular complexity index is 1110. The molecule has 0 fully saturated rings. The molecule has 3 rings (SSSR count). The van der Waals surface area contributed by atoms with Crippen LogP contribution in [0, 0.1) is 11.3 Å². The third-order valence-corrected chi connectivity index (χ3v) is 7.16. The van der Waals surface area contributed by atoms with Gasteiger partial charge in [0.15, 0.2) is 0 Å². The number of aromatic nitrogens is 1. The van der Waals surface area contributed by atoms with Crippen molar-refractivity contribution < 1.29 is 13.0 Å². The zero-order valence-corrected chi connectivity index (χ0v) is 20.6. The Labute approximate surface area is 191 Å². The average molecular weight is 481 g/mol. The van der Waals surface area contributed by atoms with E-state index in [1.165, 1.54) is 29.1 Å². The van der Waals surface area contributed by atoms with Crippen molar-refractivity contribution in [3.63, 3.8) is 0 Å². The summed E-state index contributed by atoms with van der Waals surface area (Å²) in [4.78, 5) is 6.95. The molecule has 1 unspecified atom stereocenters. The summed E-state index contributed by atoms with van der Waals surface area (Å²) in [6.45, 7) is 9.20. The lowest BCUT2D eigenvalue weighted by Gasteiger charge is -2.22. The van der Waals surface area contributed by atoms with Gasteiger partial charge in [0, 0.05) is 10.6 Å². The molecule has 2 N–H and O–H groups in total. The van der Waals surface area contributed by atoms with Gasteiger partial charge in [0.2, 0.25) is 5.13 Å². The number of rotatable bonds is 9. The molecule has 0 radical (unpaired) electrons. The second-order valence-corrected chi connectivity index (χ2v) is 12.5. The average Bonchev–Trinajstić information content (AvgIpc) is 3.20. The first-order valence-electron chi connectivity index (χ1n) is 10.1. The van der Waals surface area contributed by atoms with Gasteiger partial charge in [0.25, 0.3) is 10.1 Å². The zero-order chi connectivity index (χ0) is 22.6. The number of thiazole rings is 1. The molecule has 10 heteroatoms. The Balaban J connectivity index is 1.56. The van der Waals surface area contributed by atoms with Crippen LogP contribution in [0.3, 0.4) is 0 Å². The summed E-state index contributed by atoms with van der Waals surface area (Å²) in [5, 5.41) is 11.7. The molecule has 0 amide bonds. The number of nitrogens with one attached hydrogen (secondary N) is 1. The van der Waals surface area contributed by atoms with Crippen LogP contribution in [0.2, 0.25) is 0 Å². The topological polar surface area (TPSA) is 104 Å². The van der Waals surface area contributed by atoms with Crippen molar-refractivity contribution in [1.29, 1.82) is 0 Å². The van der Waals surface area contributed by atoms with Crippen LogP contribution in [0.1, 0.15) is 45.4 Å². The Hall–Kier alpha value is -1.88. The predicted molar refractivity (Wildman–Crippen MR) is 130 cm³/mol. The summed E-state index contributed by atoms with van der Waals surface area (Å²) in [7, 11) is -4.06. The Morgan fingerprint density at radius 2 is 1.87 bits per heavy atom. The lowest BCUT2D eigenvalue weighted by molar-refractivity contribution is 0.297. The van der Waals surface area contributed by atoms with Gasteiger partial charge in [-0.05, 0) is 60.9 Å². The lowest BCUT2D eigenvalue weighted by atomic mass is 9.83. The molecule has 0 aliphatic rings. The third-order valence-electron chi connectivity index (χ3n) is 4.55. The molecule has 31 heavy (non-hydrogen) atoms. The Morgan fingerprint density at radius 3 is 2.48 bits per heavy atom. The summed E-state index contributed by atoms with van der Waals surface area (Å²) >= 11 is 3.26. The van der Waals surface area contributed by atoms with E-state index in [-0.39, 0.29) is 0 Å². The van der Waals surface area contributed by atoms with Gasteiger partial charge in [0.1, 0.15) is 10.7 Å². The number of benzene rings is 1. The quantitative estimate of drug-likeness (QED) is 0.252. The molecule has 0 spiro atoms. The van der Waals surface area contributed by atoms with E-state index >= 15 is 0 Å². The van der Waals surface area contributed by atoms with E-state index in [1.54, 1.807) is 35.6 Å². The second-order valence-electron chi connectivity index (χ2n) is 8.94. The van der Waals surface area contributed by atoms with E-state index in [2.05, 4.69) is 54.3 Å². The Kier molecular flexibility index (Phi) is 7.46. The number of thiophene rings is 1. The molecule has 0 saturated carbocycles. The molecule has 168 valence electrons. The van der Waals surface area contributed by atoms with Gasteiger partial charge in [0.05, 0.1) is 10.4 Å². The highest BCUT2D eigenvalue weighted by Gasteiger charge is 2.16. The first kappa shape index (κ1) is 23.8. The van der Waals surface area contributed by atoms with Crippen molar-refractivity contribution in [1.82, 2.24) is 4.98 Å². The van der Waals surface area contributed by atoms with Gasteiger partial charge in [-0.3, -0.25) is 4.55 Å². The van der Waals surface area contributed by atoms with Crippen molar-refractivity contribution in [2.45, 2.75) is 47.0 Å². The predicted octanol–water partition coefficient (Wildman–Crippen LogP) is 7.04. The number of fused-ring (bicyclic) bond motifs is 1. The fourth-order valence-electron chi connectivity index (χ4n) is 3.39. The molecule has 0 saturated heterocycles. The van der Waals surface area contributed by atoms with Crippen LogP contribution in [-0.4, -0.2) is 23.8 Å². The van der Waals surface area contributed by atoms with Crippen LogP contribution in [0.15, 0.2) is 40.6 Å². The Morgan fingerprint density at radius 1 is 1.16 bits per heavy atom. The number of hydrogen-bond acceptors (Lipinski definition) is 8. The maximum Gasteiger partial charge on any atom is 0.283 e. The molecule has 2 heterocycles. The van der Waals surface area contributed by atoms with Gasteiger partial charge in [-0.25, -0.2) is 4.98 Å². The van der Waals surface area contributed by atoms with Crippen molar-refractivity contribution in [3.05, 3.63) is 35.2 Å². The number of aryl methyl sites for hydroxylation is 1. The van der Waals surface area contributed by atoms with Gasteiger partial charge >= 0.3 is 0 Å². The molecule has 7 nitrogen and oxygen atoms in total. The first-order valence-corrected chi connectivity index (χ1v) is 13.3. The molecule has 1 aromatic carbocycles. The monoisotopic (exact) mass is 480 g/mol. The zero-order valence-electron chi connectivity index (χ0n) is 18.1. The molecule has 0 bridgehead atoms. The first-order chi connectivity index (χ1) is 14.5. The molecular formula is C21H28N4O3S3. The molecule has 2 aromatic heterocycles. The van der Waals surface area contributed by atoms with E-state index in [0.717, 1.165) is 16.0 Å². The van der Waals surface area contributed by atoms with Crippen LogP contribution in [-0.2, 0) is 16.5 Å².